The zero-order valence-electron chi connectivity index (χ0n) is 21.9. The number of halogens is 2. The lowest BCUT2D eigenvalue weighted by Crippen LogP contribution is -2.35. The van der Waals surface area contributed by atoms with E-state index in [1.807, 2.05) is 30.5 Å². The SMILES string of the molecule is O=C(CC1CCN(c2cccc(F)n2)CC1)Nc1ccc2cc1CCC1C=NC=C(C1)Nc1ncc(Cl)c(n1)N2. The third-order valence-corrected chi connectivity index (χ3v) is 7.84. The highest BCUT2D eigenvalue weighted by Gasteiger charge is 2.23. The van der Waals surface area contributed by atoms with E-state index >= 15 is 0 Å². The largest absolute Gasteiger partial charge is 0.357 e. The molecule has 1 unspecified atom stereocenters. The summed E-state index contributed by atoms with van der Waals surface area (Å²) in [6.45, 7) is 1.50. The van der Waals surface area contributed by atoms with Crippen LogP contribution in [0.2, 0.25) is 5.02 Å². The summed E-state index contributed by atoms with van der Waals surface area (Å²) in [5.41, 5.74) is 3.61. The molecule has 3 aliphatic rings. The molecule has 206 valence electrons. The van der Waals surface area contributed by atoms with Gasteiger partial charge in [-0.15, -0.1) is 0 Å². The number of aromatic nitrogens is 3. The van der Waals surface area contributed by atoms with Crippen molar-refractivity contribution >= 4 is 52.7 Å². The van der Waals surface area contributed by atoms with E-state index in [4.69, 9.17) is 11.6 Å². The van der Waals surface area contributed by atoms with Gasteiger partial charge < -0.3 is 20.9 Å². The summed E-state index contributed by atoms with van der Waals surface area (Å²) in [7, 11) is 0. The van der Waals surface area contributed by atoms with E-state index in [1.165, 1.54) is 6.07 Å². The second kappa shape index (κ2) is 11.6. The van der Waals surface area contributed by atoms with E-state index in [1.54, 1.807) is 18.5 Å². The number of nitrogens with one attached hydrogen (secondary N) is 3. The van der Waals surface area contributed by atoms with E-state index in [9.17, 15) is 9.18 Å². The number of piperidine rings is 1. The van der Waals surface area contributed by atoms with Gasteiger partial charge in [0.15, 0.2) is 5.82 Å². The van der Waals surface area contributed by atoms with Crippen molar-refractivity contribution in [2.75, 3.05) is 33.9 Å². The van der Waals surface area contributed by atoms with Crippen molar-refractivity contribution in [2.24, 2.45) is 16.8 Å². The molecule has 6 bridgehead atoms. The van der Waals surface area contributed by atoms with Gasteiger partial charge in [0, 0.05) is 54.9 Å². The predicted molar refractivity (Wildman–Crippen MR) is 156 cm³/mol. The lowest BCUT2D eigenvalue weighted by molar-refractivity contribution is -0.117. The average molecular weight is 561 g/mol. The molecule has 2 aromatic heterocycles. The van der Waals surface area contributed by atoms with Crippen LogP contribution in [0, 0.1) is 17.8 Å². The molecule has 5 heterocycles. The molecule has 0 saturated carbocycles. The minimum Gasteiger partial charge on any atom is -0.357 e. The molecule has 1 atom stereocenters. The van der Waals surface area contributed by atoms with Crippen molar-refractivity contribution in [2.45, 2.75) is 38.5 Å². The zero-order valence-corrected chi connectivity index (χ0v) is 22.7. The number of aliphatic imine (C=N–C) groups is 1. The van der Waals surface area contributed by atoms with E-state index in [2.05, 4.69) is 40.8 Å². The molecular weight excluding hydrogens is 531 g/mol. The summed E-state index contributed by atoms with van der Waals surface area (Å²) in [5, 5.41) is 10.1. The van der Waals surface area contributed by atoms with Gasteiger partial charge in [-0.1, -0.05) is 17.7 Å². The first-order valence-corrected chi connectivity index (χ1v) is 14.0. The molecule has 9 nitrogen and oxygen atoms in total. The molecule has 1 amide bonds. The number of benzene rings is 1. The van der Waals surface area contributed by atoms with Crippen molar-refractivity contribution in [3.8, 4) is 0 Å². The standard InChI is InChI=1S/C29H30ClFN8O/c30-23-17-33-29-35-22-12-19(15-32-16-22)4-5-20-14-21(34-28(23)38-29)6-7-24(20)36-27(40)13-18-8-10-39(11-9-18)26-3-1-2-25(31)37-26/h1-3,6-7,14-19H,4-5,8-13H2,(H,36,40)(H2,33,34,35,38). The smallest absolute Gasteiger partial charge is 0.229 e. The molecule has 6 rings (SSSR count). The highest BCUT2D eigenvalue weighted by molar-refractivity contribution is 6.32. The summed E-state index contributed by atoms with van der Waals surface area (Å²) in [4.78, 5) is 32.5. The Labute approximate surface area is 237 Å². The first-order chi connectivity index (χ1) is 19.5. The Hall–Kier alpha value is -4.05. The topological polar surface area (TPSA) is 107 Å². The van der Waals surface area contributed by atoms with Gasteiger partial charge in [-0.3, -0.25) is 9.79 Å². The Morgan fingerprint density at radius 3 is 2.85 bits per heavy atom. The molecule has 3 N–H and O–H groups in total. The number of hydrogen-bond acceptors (Lipinski definition) is 8. The number of hydrogen-bond donors (Lipinski definition) is 3. The maximum atomic E-state index is 13.5. The molecule has 0 radical (unpaired) electrons. The number of rotatable bonds is 4. The first-order valence-electron chi connectivity index (χ1n) is 13.6. The molecule has 0 aliphatic carbocycles. The van der Waals surface area contributed by atoms with Gasteiger partial charge >= 0.3 is 0 Å². The zero-order chi connectivity index (χ0) is 27.5. The Morgan fingerprint density at radius 1 is 1.12 bits per heavy atom. The van der Waals surface area contributed by atoms with Gasteiger partial charge in [-0.05, 0) is 73.9 Å². The van der Waals surface area contributed by atoms with Crippen molar-refractivity contribution in [3.63, 3.8) is 0 Å². The third-order valence-electron chi connectivity index (χ3n) is 7.57. The molecule has 1 fully saturated rings. The molecule has 1 aromatic carbocycles. The highest BCUT2D eigenvalue weighted by atomic mass is 35.5. The summed E-state index contributed by atoms with van der Waals surface area (Å²) in [6.07, 6.45) is 9.93. The number of carbonyl (C=O) groups excluding carboxylic acids is 1. The lowest BCUT2D eigenvalue weighted by atomic mass is 9.92. The maximum absolute atomic E-state index is 13.5. The number of anilines is 5. The van der Waals surface area contributed by atoms with Gasteiger partial charge in [0.05, 0.1) is 6.20 Å². The van der Waals surface area contributed by atoms with Crippen molar-refractivity contribution in [3.05, 3.63) is 71.0 Å². The van der Waals surface area contributed by atoms with Crippen LogP contribution in [-0.2, 0) is 11.2 Å². The number of allylic oxidation sites excluding steroid dienone is 1. The number of carbonyl (C=O) groups is 1. The van der Waals surface area contributed by atoms with Gasteiger partial charge in [-0.2, -0.15) is 9.37 Å². The highest BCUT2D eigenvalue weighted by Crippen LogP contribution is 2.31. The molecular formula is C29H30ClFN8O. The van der Waals surface area contributed by atoms with Crippen LogP contribution in [0.4, 0.5) is 33.3 Å². The summed E-state index contributed by atoms with van der Waals surface area (Å²) in [6, 6.07) is 10.7. The summed E-state index contributed by atoms with van der Waals surface area (Å²) in [5.74, 6) is 1.64. The third kappa shape index (κ3) is 6.22. The van der Waals surface area contributed by atoms with Crippen LogP contribution in [0.25, 0.3) is 0 Å². The van der Waals surface area contributed by atoms with Crippen LogP contribution < -0.4 is 20.9 Å². The minimum absolute atomic E-state index is 0.000610. The second-order valence-corrected chi connectivity index (χ2v) is 10.9. The predicted octanol–water partition coefficient (Wildman–Crippen LogP) is 5.94. The van der Waals surface area contributed by atoms with Gasteiger partial charge in [0.1, 0.15) is 10.8 Å². The molecule has 3 aliphatic heterocycles. The van der Waals surface area contributed by atoms with Gasteiger partial charge in [-0.25, -0.2) is 9.97 Å². The Kier molecular flexibility index (Phi) is 7.59. The number of aryl methyl sites for hydroxylation is 1. The van der Waals surface area contributed by atoms with E-state index < -0.39 is 5.95 Å². The summed E-state index contributed by atoms with van der Waals surface area (Å²) < 4.78 is 13.5. The maximum Gasteiger partial charge on any atom is 0.229 e. The minimum atomic E-state index is -0.474. The fourth-order valence-electron chi connectivity index (χ4n) is 5.44. The quantitative estimate of drug-likeness (QED) is 0.339. The molecule has 11 heteroatoms. The van der Waals surface area contributed by atoms with E-state index in [0.29, 0.717) is 29.0 Å². The van der Waals surface area contributed by atoms with Crippen LogP contribution in [0.15, 0.2) is 59.5 Å². The summed E-state index contributed by atoms with van der Waals surface area (Å²) >= 11 is 6.38. The first kappa shape index (κ1) is 26.2. The normalized spacial score (nSPS) is 18.8. The van der Waals surface area contributed by atoms with Crippen LogP contribution in [0.5, 0.6) is 0 Å². The fourth-order valence-corrected chi connectivity index (χ4v) is 5.58. The monoisotopic (exact) mass is 560 g/mol. The molecule has 0 spiro atoms. The van der Waals surface area contributed by atoms with Crippen molar-refractivity contribution < 1.29 is 9.18 Å². The number of pyridine rings is 1. The Morgan fingerprint density at radius 2 is 2.00 bits per heavy atom. The van der Waals surface area contributed by atoms with Gasteiger partial charge in [0.25, 0.3) is 0 Å². The molecule has 40 heavy (non-hydrogen) atoms. The number of amides is 1. The van der Waals surface area contributed by atoms with Crippen LogP contribution in [0.1, 0.15) is 37.7 Å². The van der Waals surface area contributed by atoms with E-state index in [0.717, 1.165) is 67.8 Å². The molecule has 1 saturated heterocycles. The Balaban J connectivity index is 1.15. The van der Waals surface area contributed by atoms with Crippen LogP contribution >= 0.6 is 11.6 Å². The average Bonchev–Trinajstić information content (AvgIpc) is 2.95. The van der Waals surface area contributed by atoms with Crippen LogP contribution in [0.3, 0.4) is 0 Å². The van der Waals surface area contributed by atoms with Gasteiger partial charge in [0.2, 0.25) is 17.8 Å². The van der Waals surface area contributed by atoms with E-state index in [-0.39, 0.29) is 17.7 Å². The second-order valence-electron chi connectivity index (χ2n) is 10.5. The fraction of sp³-hybridized carbons (Fsp3) is 0.345. The van der Waals surface area contributed by atoms with Crippen molar-refractivity contribution in [1.29, 1.82) is 0 Å². The number of fused-ring (bicyclic) bond motifs is 6. The Bertz CT molecular complexity index is 1470. The number of nitrogens with zero attached hydrogens (tertiary/aromatic N) is 5. The molecule has 3 aromatic rings. The van der Waals surface area contributed by atoms with Crippen LogP contribution in [-0.4, -0.2) is 40.2 Å². The lowest BCUT2D eigenvalue weighted by Gasteiger charge is -2.32. The van der Waals surface area contributed by atoms with Crippen molar-refractivity contribution in [1.82, 2.24) is 15.0 Å².